The van der Waals surface area contributed by atoms with Crippen LogP contribution in [0, 0.1) is 0 Å². The second-order valence-electron chi connectivity index (χ2n) is 7.07. The van der Waals surface area contributed by atoms with E-state index in [-0.39, 0.29) is 18.9 Å². The molecular weight excluding hydrogens is 452 g/mol. The van der Waals surface area contributed by atoms with Crippen LogP contribution in [0.1, 0.15) is 11.3 Å². The van der Waals surface area contributed by atoms with Crippen molar-refractivity contribution >= 4 is 34.8 Å². The zero-order valence-corrected chi connectivity index (χ0v) is 18.7. The molecule has 1 aliphatic rings. The van der Waals surface area contributed by atoms with Gasteiger partial charge in [0.2, 0.25) is 0 Å². The molecular formula is C23H21ClN2O5S. The minimum Gasteiger partial charge on any atom is -0.486 e. The van der Waals surface area contributed by atoms with Gasteiger partial charge in [0.25, 0.3) is 5.91 Å². The molecule has 0 aliphatic carbocycles. The summed E-state index contributed by atoms with van der Waals surface area (Å²) in [6.07, 6.45) is 0.628. The summed E-state index contributed by atoms with van der Waals surface area (Å²) in [6, 6.07) is 13.1. The standard InChI is InChI=1S/C23H21ClN2O5S/c24-17-3-1-2-16(11-17)23-26-18(14-32-23)12-22(28)31-13-21(27)25-7-6-15-4-5-19-20(10-15)30-9-8-29-19/h1-5,10-11,14H,6-9,12-13H2,(H,25,27). The SMILES string of the molecule is O=C(COC(=O)Cc1csc(-c2cccc(Cl)c2)n1)NCCc1ccc2c(c1)OCCO2. The number of carbonyl (C=O) groups excluding carboxylic acids is 2. The second kappa shape index (κ2) is 10.5. The van der Waals surface area contributed by atoms with Gasteiger partial charge in [-0.15, -0.1) is 11.3 Å². The molecule has 7 nitrogen and oxygen atoms in total. The first-order valence-electron chi connectivity index (χ1n) is 10.1. The highest BCUT2D eigenvalue weighted by Gasteiger charge is 2.13. The first kappa shape index (κ1) is 22.1. The topological polar surface area (TPSA) is 86.8 Å². The van der Waals surface area contributed by atoms with Crippen LogP contribution in [-0.4, -0.2) is 43.2 Å². The van der Waals surface area contributed by atoms with Crippen molar-refractivity contribution in [3.05, 3.63) is 64.1 Å². The maximum absolute atomic E-state index is 12.1. The molecule has 32 heavy (non-hydrogen) atoms. The number of nitrogens with zero attached hydrogens (tertiary/aromatic N) is 1. The van der Waals surface area contributed by atoms with Gasteiger partial charge in [-0.25, -0.2) is 4.98 Å². The van der Waals surface area contributed by atoms with Gasteiger partial charge in [0.15, 0.2) is 18.1 Å². The van der Waals surface area contributed by atoms with E-state index in [1.165, 1.54) is 11.3 Å². The normalized spacial score (nSPS) is 12.3. The third-order valence-electron chi connectivity index (χ3n) is 4.66. The molecule has 1 amide bonds. The molecule has 0 spiro atoms. The van der Waals surface area contributed by atoms with E-state index in [2.05, 4.69) is 10.3 Å². The Bertz CT molecular complexity index is 1120. The molecule has 0 radical (unpaired) electrons. The quantitative estimate of drug-likeness (QED) is 0.503. The average Bonchev–Trinajstić information content (AvgIpc) is 3.26. The predicted octanol–water partition coefficient (Wildman–Crippen LogP) is 3.68. The second-order valence-corrected chi connectivity index (χ2v) is 8.36. The fraction of sp³-hybridized carbons (Fsp3) is 0.261. The van der Waals surface area contributed by atoms with Crippen LogP contribution in [0.25, 0.3) is 10.6 Å². The van der Waals surface area contributed by atoms with Crippen LogP contribution >= 0.6 is 22.9 Å². The Kier molecular flexibility index (Phi) is 7.24. The number of benzene rings is 2. The van der Waals surface area contributed by atoms with Gasteiger partial charge in [0, 0.05) is 22.5 Å². The van der Waals surface area contributed by atoms with Crippen molar-refractivity contribution in [2.75, 3.05) is 26.4 Å². The molecule has 1 N–H and O–H groups in total. The number of ether oxygens (including phenoxy) is 3. The van der Waals surface area contributed by atoms with Gasteiger partial charge in [-0.3, -0.25) is 9.59 Å². The summed E-state index contributed by atoms with van der Waals surface area (Å²) in [7, 11) is 0. The molecule has 0 fully saturated rings. The van der Waals surface area contributed by atoms with E-state index in [1.54, 1.807) is 11.4 Å². The highest BCUT2D eigenvalue weighted by Crippen LogP contribution is 2.30. The van der Waals surface area contributed by atoms with Gasteiger partial charge in [0.1, 0.15) is 18.2 Å². The minimum atomic E-state index is -0.505. The summed E-state index contributed by atoms with van der Waals surface area (Å²) in [5.74, 6) is 0.592. The van der Waals surface area contributed by atoms with E-state index in [4.69, 9.17) is 25.8 Å². The number of rotatable bonds is 8. The maximum Gasteiger partial charge on any atom is 0.312 e. The lowest BCUT2D eigenvalue weighted by Gasteiger charge is -2.18. The molecule has 1 aliphatic heterocycles. The highest BCUT2D eigenvalue weighted by atomic mass is 35.5. The molecule has 0 atom stereocenters. The Labute approximate surface area is 194 Å². The number of fused-ring (bicyclic) bond motifs is 1. The molecule has 0 saturated carbocycles. The summed E-state index contributed by atoms with van der Waals surface area (Å²) in [5.41, 5.74) is 2.50. The monoisotopic (exact) mass is 472 g/mol. The van der Waals surface area contributed by atoms with Crippen LogP contribution in [0.2, 0.25) is 5.02 Å². The maximum atomic E-state index is 12.1. The third-order valence-corrected chi connectivity index (χ3v) is 5.83. The first-order valence-corrected chi connectivity index (χ1v) is 11.3. The van der Waals surface area contributed by atoms with Crippen molar-refractivity contribution in [1.82, 2.24) is 10.3 Å². The number of thiazole rings is 1. The number of amides is 1. The van der Waals surface area contributed by atoms with Gasteiger partial charge >= 0.3 is 5.97 Å². The van der Waals surface area contributed by atoms with E-state index in [1.807, 2.05) is 36.4 Å². The number of halogens is 1. The highest BCUT2D eigenvalue weighted by molar-refractivity contribution is 7.13. The van der Waals surface area contributed by atoms with Crippen molar-refractivity contribution in [1.29, 1.82) is 0 Å². The lowest BCUT2D eigenvalue weighted by Crippen LogP contribution is -2.30. The number of nitrogens with one attached hydrogen (secondary N) is 1. The van der Waals surface area contributed by atoms with Crippen molar-refractivity contribution in [2.45, 2.75) is 12.8 Å². The van der Waals surface area contributed by atoms with Crippen LogP contribution in [0.5, 0.6) is 11.5 Å². The van der Waals surface area contributed by atoms with E-state index in [9.17, 15) is 9.59 Å². The molecule has 0 bridgehead atoms. The Balaban J connectivity index is 1.18. The van der Waals surface area contributed by atoms with Gasteiger partial charge in [-0.1, -0.05) is 29.8 Å². The Morgan fingerprint density at radius 1 is 1.12 bits per heavy atom. The van der Waals surface area contributed by atoms with Crippen molar-refractivity contribution in [2.24, 2.45) is 0 Å². The predicted molar refractivity (Wildman–Crippen MR) is 121 cm³/mol. The van der Waals surface area contributed by atoms with Crippen molar-refractivity contribution < 1.29 is 23.8 Å². The smallest absolute Gasteiger partial charge is 0.312 e. The first-order chi connectivity index (χ1) is 15.6. The van der Waals surface area contributed by atoms with Crippen LogP contribution in [0.3, 0.4) is 0 Å². The molecule has 1 aromatic heterocycles. The van der Waals surface area contributed by atoms with E-state index < -0.39 is 5.97 Å². The minimum absolute atomic E-state index is 0.00153. The van der Waals surface area contributed by atoms with Crippen molar-refractivity contribution in [3.8, 4) is 22.1 Å². The largest absolute Gasteiger partial charge is 0.486 e. The molecule has 166 valence electrons. The lowest BCUT2D eigenvalue weighted by atomic mass is 10.1. The van der Waals surface area contributed by atoms with Crippen LogP contribution in [0.15, 0.2) is 47.8 Å². The van der Waals surface area contributed by atoms with Gasteiger partial charge in [0.05, 0.1) is 12.1 Å². The molecule has 2 heterocycles. The fourth-order valence-electron chi connectivity index (χ4n) is 3.13. The lowest BCUT2D eigenvalue weighted by molar-refractivity contribution is -0.147. The van der Waals surface area contributed by atoms with E-state index >= 15 is 0 Å². The van der Waals surface area contributed by atoms with Crippen LogP contribution in [0.4, 0.5) is 0 Å². The number of hydrogen-bond donors (Lipinski definition) is 1. The Morgan fingerprint density at radius 3 is 2.81 bits per heavy atom. The molecule has 2 aromatic carbocycles. The molecule has 3 aromatic rings. The molecule has 9 heteroatoms. The number of aromatic nitrogens is 1. The number of esters is 1. The van der Waals surface area contributed by atoms with Gasteiger partial charge < -0.3 is 19.5 Å². The number of hydrogen-bond acceptors (Lipinski definition) is 7. The molecule has 0 unspecified atom stereocenters. The van der Waals surface area contributed by atoms with Gasteiger partial charge in [-0.05, 0) is 36.2 Å². The van der Waals surface area contributed by atoms with Crippen molar-refractivity contribution in [3.63, 3.8) is 0 Å². The summed E-state index contributed by atoms with van der Waals surface area (Å²) in [4.78, 5) is 28.5. The summed E-state index contributed by atoms with van der Waals surface area (Å²) in [5, 5.41) is 5.94. The Hall–Kier alpha value is -3.10. The van der Waals surface area contributed by atoms with Crippen LogP contribution < -0.4 is 14.8 Å². The Morgan fingerprint density at radius 2 is 1.97 bits per heavy atom. The zero-order valence-electron chi connectivity index (χ0n) is 17.1. The fourth-order valence-corrected chi connectivity index (χ4v) is 4.13. The summed E-state index contributed by atoms with van der Waals surface area (Å²) in [6.45, 7) is 1.17. The summed E-state index contributed by atoms with van der Waals surface area (Å²) < 4.78 is 16.1. The van der Waals surface area contributed by atoms with Gasteiger partial charge in [-0.2, -0.15) is 0 Å². The zero-order chi connectivity index (χ0) is 22.3. The van der Waals surface area contributed by atoms with E-state index in [0.717, 1.165) is 27.6 Å². The third kappa shape index (κ3) is 5.99. The number of carbonyl (C=O) groups is 2. The summed E-state index contributed by atoms with van der Waals surface area (Å²) >= 11 is 7.43. The molecule has 4 rings (SSSR count). The molecule has 0 saturated heterocycles. The van der Waals surface area contributed by atoms with E-state index in [0.29, 0.717) is 36.9 Å². The van der Waals surface area contributed by atoms with Crippen LogP contribution in [-0.2, 0) is 27.2 Å². The average molecular weight is 473 g/mol.